The summed E-state index contributed by atoms with van der Waals surface area (Å²) in [5.74, 6) is 1.63. The van der Waals surface area contributed by atoms with E-state index in [9.17, 15) is 10.2 Å². The molecular formula is C16H33NO2S. The smallest absolute Gasteiger partial charge is 0.0715 e. The molecule has 0 aromatic heterocycles. The third-order valence-corrected chi connectivity index (χ3v) is 5.38. The molecule has 0 heterocycles. The van der Waals surface area contributed by atoms with E-state index in [2.05, 4.69) is 13.8 Å². The Hall–Kier alpha value is 0.230. The minimum Gasteiger partial charge on any atom is -0.393 e. The van der Waals surface area contributed by atoms with Gasteiger partial charge < -0.3 is 15.9 Å². The van der Waals surface area contributed by atoms with Gasteiger partial charge in [0.05, 0.1) is 12.2 Å². The van der Waals surface area contributed by atoms with Crippen LogP contribution in [0, 0.1) is 5.92 Å². The summed E-state index contributed by atoms with van der Waals surface area (Å²) in [7, 11) is 0. The number of hydrogen-bond acceptors (Lipinski definition) is 4. The van der Waals surface area contributed by atoms with Gasteiger partial charge in [0.1, 0.15) is 0 Å². The second-order valence-electron chi connectivity index (χ2n) is 6.57. The lowest BCUT2D eigenvalue weighted by atomic mass is 9.83. The first-order chi connectivity index (χ1) is 9.49. The predicted molar refractivity (Wildman–Crippen MR) is 88.0 cm³/mol. The van der Waals surface area contributed by atoms with Crippen LogP contribution in [-0.4, -0.2) is 39.5 Å². The lowest BCUT2D eigenvalue weighted by Crippen LogP contribution is -2.39. The molecular weight excluding hydrogens is 270 g/mol. The summed E-state index contributed by atoms with van der Waals surface area (Å²) in [5.41, 5.74) is 6.11. The fourth-order valence-electron chi connectivity index (χ4n) is 2.98. The molecule has 3 unspecified atom stereocenters. The minimum atomic E-state index is -0.559. The molecule has 3 atom stereocenters. The summed E-state index contributed by atoms with van der Waals surface area (Å²) >= 11 is 1.85. The van der Waals surface area contributed by atoms with Gasteiger partial charge in [-0.05, 0) is 29.8 Å². The van der Waals surface area contributed by atoms with E-state index in [1.54, 1.807) is 0 Å². The van der Waals surface area contributed by atoms with Gasteiger partial charge in [-0.15, -0.1) is 0 Å². The van der Waals surface area contributed by atoms with Crippen molar-refractivity contribution in [2.75, 3.05) is 5.75 Å². The number of rotatable bonds is 9. The normalized spacial score (nSPS) is 21.9. The van der Waals surface area contributed by atoms with E-state index in [4.69, 9.17) is 5.73 Å². The van der Waals surface area contributed by atoms with E-state index in [1.165, 1.54) is 32.1 Å². The first-order valence-electron chi connectivity index (χ1n) is 8.22. The zero-order chi connectivity index (χ0) is 15.0. The van der Waals surface area contributed by atoms with Crippen LogP contribution in [0.25, 0.3) is 0 Å². The largest absolute Gasteiger partial charge is 0.393 e. The first kappa shape index (κ1) is 18.3. The van der Waals surface area contributed by atoms with Gasteiger partial charge in [0.15, 0.2) is 0 Å². The van der Waals surface area contributed by atoms with Crippen molar-refractivity contribution in [2.45, 2.75) is 88.7 Å². The van der Waals surface area contributed by atoms with Gasteiger partial charge in [0.25, 0.3) is 0 Å². The number of aliphatic hydroxyl groups excluding tert-OH is 2. The average molecular weight is 304 g/mol. The van der Waals surface area contributed by atoms with Crippen molar-refractivity contribution in [2.24, 2.45) is 11.7 Å². The van der Waals surface area contributed by atoms with Gasteiger partial charge in [-0.1, -0.05) is 46.0 Å². The lowest BCUT2D eigenvalue weighted by Gasteiger charge is -2.28. The fourth-order valence-corrected chi connectivity index (χ4v) is 3.86. The van der Waals surface area contributed by atoms with Crippen LogP contribution < -0.4 is 5.73 Å². The Bertz CT molecular complexity index is 245. The van der Waals surface area contributed by atoms with Gasteiger partial charge in [0, 0.05) is 12.5 Å². The quantitative estimate of drug-likeness (QED) is 0.613. The number of aliphatic hydroxyl groups is 2. The zero-order valence-electron chi connectivity index (χ0n) is 13.1. The molecule has 120 valence electrons. The van der Waals surface area contributed by atoms with Crippen LogP contribution in [0.4, 0.5) is 0 Å². The maximum Gasteiger partial charge on any atom is 0.0715 e. The Morgan fingerprint density at radius 3 is 2.40 bits per heavy atom. The summed E-state index contributed by atoms with van der Waals surface area (Å²) in [6.07, 6.45) is 7.58. The second kappa shape index (κ2) is 10.0. The van der Waals surface area contributed by atoms with Gasteiger partial charge in [-0.3, -0.25) is 0 Å². The highest BCUT2D eigenvalue weighted by atomic mass is 32.2. The molecule has 0 spiro atoms. The first-order valence-corrected chi connectivity index (χ1v) is 9.27. The minimum absolute atomic E-state index is 0.175. The van der Waals surface area contributed by atoms with E-state index in [0.717, 1.165) is 18.6 Å². The topological polar surface area (TPSA) is 66.5 Å². The van der Waals surface area contributed by atoms with Crippen LogP contribution in [0.1, 0.15) is 65.2 Å². The highest BCUT2D eigenvalue weighted by molar-refractivity contribution is 7.99. The van der Waals surface area contributed by atoms with Crippen molar-refractivity contribution in [3.63, 3.8) is 0 Å². The Morgan fingerprint density at radius 2 is 1.80 bits per heavy atom. The molecule has 4 N–H and O–H groups in total. The van der Waals surface area contributed by atoms with Gasteiger partial charge in [-0.2, -0.15) is 11.8 Å². The number of thioether (sulfide) groups is 1. The summed E-state index contributed by atoms with van der Waals surface area (Å²) in [6, 6.07) is -0.175. The third-order valence-electron chi connectivity index (χ3n) is 4.24. The molecule has 3 nitrogen and oxygen atoms in total. The molecule has 1 aliphatic rings. The molecule has 0 bridgehead atoms. The Labute approximate surface area is 128 Å². The molecule has 1 fully saturated rings. The van der Waals surface area contributed by atoms with Gasteiger partial charge >= 0.3 is 0 Å². The van der Waals surface area contributed by atoms with E-state index in [0.29, 0.717) is 17.6 Å². The molecule has 0 radical (unpaired) electrons. The Morgan fingerprint density at radius 1 is 1.15 bits per heavy atom. The maximum absolute atomic E-state index is 10.1. The van der Waals surface area contributed by atoms with Crippen molar-refractivity contribution >= 4 is 11.8 Å². The molecule has 0 aromatic carbocycles. The lowest BCUT2D eigenvalue weighted by molar-refractivity contribution is 0.0568. The Kier molecular flexibility index (Phi) is 9.18. The van der Waals surface area contributed by atoms with Crippen LogP contribution in [0.5, 0.6) is 0 Å². The molecule has 0 aromatic rings. The number of nitrogens with two attached hydrogens (primary N) is 1. The van der Waals surface area contributed by atoms with E-state index >= 15 is 0 Å². The van der Waals surface area contributed by atoms with Crippen molar-refractivity contribution in [3.05, 3.63) is 0 Å². The molecule has 0 amide bonds. The van der Waals surface area contributed by atoms with Crippen molar-refractivity contribution < 1.29 is 10.2 Å². The molecule has 0 aliphatic heterocycles. The molecule has 1 saturated carbocycles. The maximum atomic E-state index is 10.1. The van der Waals surface area contributed by atoms with Gasteiger partial charge in [-0.25, -0.2) is 0 Å². The number of hydrogen-bond donors (Lipinski definition) is 3. The average Bonchev–Trinajstić information content (AvgIpc) is 2.39. The van der Waals surface area contributed by atoms with Crippen molar-refractivity contribution in [3.8, 4) is 0 Å². The fraction of sp³-hybridized carbons (Fsp3) is 1.00. The molecule has 0 saturated heterocycles. The van der Waals surface area contributed by atoms with Crippen molar-refractivity contribution in [1.29, 1.82) is 0 Å². The van der Waals surface area contributed by atoms with Crippen LogP contribution in [0.3, 0.4) is 0 Å². The summed E-state index contributed by atoms with van der Waals surface area (Å²) in [5, 5.41) is 20.7. The standard InChI is InChI=1S/C16H33NO2S/c1-12(2)20-9-8-14(18)11-16(19)15(17)10-13-6-4-3-5-7-13/h12-16,18-19H,3-11,17H2,1-2H3. The van der Waals surface area contributed by atoms with E-state index in [-0.39, 0.29) is 6.04 Å². The third kappa shape index (κ3) is 7.87. The highest BCUT2D eigenvalue weighted by Crippen LogP contribution is 2.28. The van der Waals surface area contributed by atoms with Crippen LogP contribution in [0.2, 0.25) is 0 Å². The van der Waals surface area contributed by atoms with E-state index < -0.39 is 12.2 Å². The second-order valence-corrected chi connectivity index (χ2v) is 8.25. The van der Waals surface area contributed by atoms with Crippen molar-refractivity contribution in [1.82, 2.24) is 0 Å². The summed E-state index contributed by atoms with van der Waals surface area (Å²) in [6.45, 7) is 4.32. The molecule has 1 rings (SSSR count). The zero-order valence-corrected chi connectivity index (χ0v) is 13.9. The summed E-state index contributed by atoms with van der Waals surface area (Å²) in [4.78, 5) is 0. The van der Waals surface area contributed by atoms with Crippen LogP contribution in [0.15, 0.2) is 0 Å². The Balaban J connectivity index is 2.17. The SMILES string of the molecule is CC(C)SCCC(O)CC(O)C(N)CC1CCCCC1. The van der Waals surface area contributed by atoms with Crippen LogP contribution >= 0.6 is 11.8 Å². The highest BCUT2D eigenvalue weighted by Gasteiger charge is 2.23. The monoisotopic (exact) mass is 303 g/mol. The molecule has 20 heavy (non-hydrogen) atoms. The van der Waals surface area contributed by atoms with Crippen LogP contribution in [-0.2, 0) is 0 Å². The molecule has 4 heteroatoms. The predicted octanol–water partition coefficient (Wildman–Crippen LogP) is 2.93. The summed E-state index contributed by atoms with van der Waals surface area (Å²) < 4.78 is 0. The molecule has 1 aliphatic carbocycles. The van der Waals surface area contributed by atoms with Gasteiger partial charge in [0.2, 0.25) is 0 Å². The van der Waals surface area contributed by atoms with E-state index in [1.807, 2.05) is 11.8 Å².